The van der Waals surface area contributed by atoms with E-state index in [0.29, 0.717) is 35.3 Å². The number of carbonyl (C=O) groups excluding carboxylic acids is 1. The van der Waals surface area contributed by atoms with E-state index in [1.165, 1.54) is 0 Å². The topological polar surface area (TPSA) is 98.8 Å². The van der Waals surface area contributed by atoms with Gasteiger partial charge in [0.2, 0.25) is 5.82 Å². The Bertz CT molecular complexity index is 969. The zero-order chi connectivity index (χ0) is 18.1. The zero-order valence-corrected chi connectivity index (χ0v) is 16.2. The molecule has 0 saturated carbocycles. The fourth-order valence-corrected chi connectivity index (χ4v) is 3.08. The standard InChI is InChI=1S/C17H18ClN7O.ClH/c1-10-8-14(24-23-10)21-15-12-9-11(18)2-3-13(12)20-16(22-15)17(26)25-6-4-19-5-7-25;/h2-3,8-9,19H,4-7H2,1H3,(H2,20,21,22,23,24);1H. The number of piperazine rings is 1. The minimum absolute atomic E-state index is 0. The number of nitrogens with one attached hydrogen (secondary N) is 3. The van der Waals surface area contributed by atoms with Gasteiger partial charge in [0.05, 0.1) is 5.52 Å². The molecule has 0 spiro atoms. The number of hydrogen-bond acceptors (Lipinski definition) is 6. The molecule has 0 aliphatic carbocycles. The number of amides is 1. The molecule has 0 unspecified atom stereocenters. The van der Waals surface area contributed by atoms with Gasteiger partial charge in [-0.15, -0.1) is 12.4 Å². The highest BCUT2D eigenvalue weighted by molar-refractivity contribution is 6.31. The van der Waals surface area contributed by atoms with Gasteiger partial charge in [0.15, 0.2) is 5.82 Å². The minimum Gasteiger partial charge on any atom is -0.333 e. The Morgan fingerprint density at radius 2 is 2.00 bits per heavy atom. The van der Waals surface area contributed by atoms with Crippen molar-refractivity contribution >= 4 is 52.5 Å². The van der Waals surface area contributed by atoms with Gasteiger partial charge in [0.1, 0.15) is 5.82 Å². The maximum Gasteiger partial charge on any atom is 0.291 e. The van der Waals surface area contributed by atoms with Crippen LogP contribution in [0.25, 0.3) is 10.9 Å². The fraction of sp³-hybridized carbons (Fsp3) is 0.294. The zero-order valence-electron chi connectivity index (χ0n) is 14.6. The summed E-state index contributed by atoms with van der Waals surface area (Å²) in [5.41, 5.74) is 1.57. The fourth-order valence-electron chi connectivity index (χ4n) is 2.90. The lowest BCUT2D eigenvalue weighted by atomic mass is 10.2. The number of aromatic amines is 1. The molecule has 10 heteroatoms. The highest BCUT2D eigenvalue weighted by Gasteiger charge is 2.22. The van der Waals surface area contributed by atoms with Crippen LogP contribution in [0, 0.1) is 6.92 Å². The average Bonchev–Trinajstić information content (AvgIpc) is 3.07. The number of aromatic nitrogens is 4. The third-order valence-corrected chi connectivity index (χ3v) is 4.44. The molecule has 0 atom stereocenters. The summed E-state index contributed by atoms with van der Waals surface area (Å²) < 4.78 is 0. The summed E-state index contributed by atoms with van der Waals surface area (Å²) in [6.45, 7) is 4.73. The predicted molar refractivity (Wildman–Crippen MR) is 107 cm³/mol. The lowest BCUT2D eigenvalue weighted by Crippen LogP contribution is -2.46. The van der Waals surface area contributed by atoms with Gasteiger partial charge in [-0.3, -0.25) is 9.89 Å². The normalized spacial score (nSPS) is 14.1. The van der Waals surface area contributed by atoms with Gasteiger partial charge in [0, 0.05) is 48.3 Å². The minimum atomic E-state index is -0.176. The van der Waals surface area contributed by atoms with E-state index >= 15 is 0 Å². The van der Waals surface area contributed by atoms with Crippen molar-refractivity contribution in [1.29, 1.82) is 0 Å². The van der Waals surface area contributed by atoms with Crippen molar-refractivity contribution in [1.82, 2.24) is 30.4 Å². The molecule has 3 heterocycles. The molecule has 3 aromatic rings. The second kappa shape index (κ2) is 8.08. The van der Waals surface area contributed by atoms with E-state index in [1.54, 1.807) is 23.1 Å². The number of halogens is 2. The molecule has 2 aromatic heterocycles. The summed E-state index contributed by atoms with van der Waals surface area (Å²) in [7, 11) is 0. The third kappa shape index (κ3) is 4.13. The number of benzene rings is 1. The molecule has 8 nitrogen and oxygen atoms in total. The number of hydrogen-bond donors (Lipinski definition) is 3. The molecule has 1 aromatic carbocycles. The SMILES string of the molecule is Cc1cc(Nc2nc(C(=O)N3CCNCC3)nc3ccc(Cl)cc23)n[nH]1.Cl. The monoisotopic (exact) mass is 407 g/mol. The van der Waals surface area contributed by atoms with Crippen LogP contribution in [0.15, 0.2) is 24.3 Å². The third-order valence-electron chi connectivity index (χ3n) is 4.21. The smallest absolute Gasteiger partial charge is 0.291 e. The molecule has 1 aliphatic rings. The summed E-state index contributed by atoms with van der Waals surface area (Å²) >= 11 is 6.13. The van der Waals surface area contributed by atoms with E-state index in [1.807, 2.05) is 13.0 Å². The van der Waals surface area contributed by atoms with Gasteiger partial charge in [-0.2, -0.15) is 5.10 Å². The van der Waals surface area contributed by atoms with Crippen molar-refractivity contribution in [3.05, 3.63) is 40.8 Å². The first-order valence-electron chi connectivity index (χ1n) is 8.36. The van der Waals surface area contributed by atoms with Gasteiger partial charge in [0.25, 0.3) is 5.91 Å². The first kappa shape index (κ1) is 19.3. The molecule has 1 saturated heterocycles. The molecule has 4 rings (SSSR count). The quantitative estimate of drug-likeness (QED) is 0.616. The summed E-state index contributed by atoms with van der Waals surface area (Å²) in [4.78, 5) is 23.5. The van der Waals surface area contributed by atoms with E-state index in [9.17, 15) is 4.79 Å². The number of anilines is 2. The first-order chi connectivity index (χ1) is 12.6. The summed E-state index contributed by atoms with van der Waals surface area (Å²) in [5, 5.41) is 14.7. The predicted octanol–water partition coefficient (Wildman–Crippen LogP) is 2.53. The number of H-pyrrole nitrogens is 1. The Kier molecular flexibility index (Phi) is 5.79. The van der Waals surface area contributed by atoms with Crippen LogP contribution >= 0.6 is 24.0 Å². The molecule has 3 N–H and O–H groups in total. The molecule has 0 bridgehead atoms. The number of carbonyl (C=O) groups is 1. The van der Waals surface area contributed by atoms with Crippen LogP contribution in [0.1, 0.15) is 16.3 Å². The number of fused-ring (bicyclic) bond motifs is 1. The van der Waals surface area contributed by atoms with Crippen LogP contribution in [-0.4, -0.2) is 57.2 Å². The van der Waals surface area contributed by atoms with Crippen LogP contribution in [0.4, 0.5) is 11.6 Å². The lowest BCUT2D eigenvalue weighted by molar-refractivity contribution is 0.0724. The molecule has 27 heavy (non-hydrogen) atoms. The summed E-state index contributed by atoms with van der Waals surface area (Å²) in [6.07, 6.45) is 0. The van der Waals surface area contributed by atoms with Gasteiger partial charge < -0.3 is 15.5 Å². The summed E-state index contributed by atoms with van der Waals surface area (Å²) in [6, 6.07) is 7.17. The van der Waals surface area contributed by atoms with Gasteiger partial charge >= 0.3 is 0 Å². The lowest BCUT2D eigenvalue weighted by Gasteiger charge is -2.26. The Labute approximate surface area is 167 Å². The molecule has 0 radical (unpaired) electrons. The van der Waals surface area contributed by atoms with Crippen molar-refractivity contribution in [3.8, 4) is 0 Å². The van der Waals surface area contributed by atoms with E-state index in [2.05, 4.69) is 30.8 Å². The average molecular weight is 408 g/mol. The van der Waals surface area contributed by atoms with Crippen molar-refractivity contribution in [3.63, 3.8) is 0 Å². The second-order valence-corrected chi connectivity index (χ2v) is 6.60. The second-order valence-electron chi connectivity index (χ2n) is 6.16. The first-order valence-corrected chi connectivity index (χ1v) is 8.74. The molecular formula is C17H19Cl2N7O. The van der Waals surface area contributed by atoms with Gasteiger partial charge in [-0.25, -0.2) is 9.97 Å². The van der Waals surface area contributed by atoms with Crippen LogP contribution in [0.2, 0.25) is 5.02 Å². The van der Waals surface area contributed by atoms with Crippen molar-refractivity contribution in [2.45, 2.75) is 6.92 Å². The Balaban J connectivity index is 0.00000210. The maximum absolute atomic E-state index is 12.8. The van der Waals surface area contributed by atoms with Crippen molar-refractivity contribution < 1.29 is 4.79 Å². The largest absolute Gasteiger partial charge is 0.333 e. The highest BCUT2D eigenvalue weighted by Crippen LogP contribution is 2.26. The number of nitrogens with zero attached hydrogens (tertiary/aromatic N) is 4. The van der Waals surface area contributed by atoms with Gasteiger partial charge in [-0.1, -0.05) is 11.6 Å². The molecule has 1 aliphatic heterocycles. The van der Waals surface area contributed by atoms with E-state index < -0.39 is 0 Å². The Hall–Kier alpha value is -2.42. The van der Waals surface area contributed by atoms with Crippen molar-refractivity contribution in [2.75, 3.05) is 31.5 Å². The van der Waals surface area contributed by atoms with Crippen molar-refractivity contribution in [2.24, 2.45) is 0 Å². The maximum atomic E-state index is 12.8. The molecular weight excluding hydrogens is 389 g/mol. The van der Waals surface area contributed by atoms with E-state index in [0.717, 1.165) is 24.2 Å². The van der Waals surface area contributed by atoms with Crippen LogP contribution < -0.4 is 10.6 Å². The van der Waals surface area contributed by atoms with Crippen LogP contribution in [0.5, 0.6) is 0 Å². The molecule has 1 fully saturated rings. The van der Waals surface area contributed by atoms with Gasteiger partial charge in [-0.05, 0) is 25.1 Å². The molecule has 142 valence electrons. The number of rotatable bonds is 3. The van der Waals surface area contributed by atoms with E-state index in [4.69, 9.17) is 11.6 Å². The Morgan fingerprint density at radius 1 is 1.22 bits per heavy atom. The van der Waals surface area contributed by atoms with Crippen LogP contribution in [0.3, 0.4) is 0 Å². The highest BCUT2D eigenvalue weighted by atomic mass is 35.5. The van der Waals surface area contributed by atoms with E-state index in [-0.39, 0.29) is 24.1 Å². The van der Waals surface area contributed by atoms with Crippen LogP contribution in [-0.2, 0) is 0 Å². The summed E-state index contributed by atoms with van der Waals surface area (Å²) in [5.74, 6) is 1.10. The number of aryl methyl sites for hydroxylation is 1. The molecule has 1 amide bonds. The Morgan fingerprint density at radius 3 is 2.70 bits per heavy atom.